The Bertz CT molecular complexity index is 936. The molecule has 0 bridgehead atoms. The van der Waals surface area contributed by atoms with Gasteiger partial charge in [-0.05, 0) is 43.3 Å². The number of rotatable bonds is 6. The number of hydrogen-bond acceptors (Lipinski definition) is 6. The van der Waals surface area contributed by atoms with Crippen molar-refractivity contribution in [3.63, 3.8) is 0 Å². The fraction of sp³-hybridized carbons (Fsp3) is 0.158. The Morgan fingerprint density at radius 1 is 1.19 bits per heavy atom. The molecule has 2 aromatic carbocycles. The van der Waals surface area contributed by atoms with E-state index in [-0.39, 0.29) is 18.1 Å². The monoisotopic (exact) mass is 351 g/mol. The van der Waals surface area contributed by atoms with Crippen molar-refractivity contribution in [3.8, 4) is 17.2 Å². The highest BCUT2D eigenvalue weighted by Gasteiger charge is 2.12. The summed E-state index contributed by atoms with van der Waals surface area (Å²) in [6.45, 7) is 1.48. The van der Waals surface area contributed by atoms with E-state index >= 15 is 0 Å². The van der Waals surface area contributed by atoms with Crippen molar-refractivity contribution in [3.05, 3.63) is 60.0 Å². The van der Waals surface area contributed by atoms with E-state index < -0.39 is 0 Å². The quantitative estimate of drug-likeness (QED) is 0.686. The van der Waals surface area contributed by atoms with Gasteiger partial charge in [-0.15, -0.1) is 10.2 Å². The van der Waals surface area contributed by atoms with E-state index in [0.717, 1.165) is 0 Å². The number of anilines is 1. The van der Waals surface area contributed by atoms with Gasteiger partial charge in [-0.25, -0.2) is 0 Å². The van der Waals surface area contributed by atoms with Crippen LogP contribution in [0.5, 0.6) is 5.75 Å². The number of methoxy groups -OCH3 is 1. The van der Waals surface area contributed by atoms with Crippen LogP contribution < -0.4 is 10.1 Å². The Kier molecular flexibility index (Phi) is 5.07. The van der Waals surface area contributed by atoms with E-state index in [1.165, 1.54) is 20.4 Å². The minimum Gasteiger partial charge on any atom is -0.496 e. The SMILES string of the molecule is COc1ccc(C(C)=O)cc1CC(=O)Nc1cccc(-c2nnco2)c1. The third-order valence-corrected chi connectivity index (χ3v) is 3.79. The Balaban J connectivity index is 1.76. The van der Waals surface area contributed by atoms with Gasteiger partial charge >= 0.3 is 0 Å². The molecule has 132 valence electrons. The minimum absolute atomic E-state index is 0.0680. The summed E-state index contributed by atoms with van der Waals surface area (Å²) in [6, 6.07) is 12.1. The lowest BCUT2D eigenvalue weighted by Gasteiger charge is -2.11. The molecule has 3 rings (SSSR count). The summed E-state index contributed by atoms with van der Waals surface area (Å²) >= 11 is 0. The predicted octanol–water partition coefficient (Wildman–Crippen LogP) is 3.13. The normalized spacial score (nSPS) is 10.4. The average molecular weight is 351 g/mol. The molecule has 0 saturated carbocycles. The molecule has 0 saturated heterocycles. The summed E-state index contributed by atoms with van der Waals surface area (Å²) in [7, 11) is 1.53. The van der Waals surface area contributed by atoms with E-state index in [2.05, 4.69) is 15.5 Å². The fourth-order valence-electron chi connectivity index (χ4n) is 2.54. The van der Waals surface area contributed by atoms with Crippen LogP contribution >= 0.6 is 0 Å². The van der Waals surface area contributed by atoms with Gasteiger partial charge in [0.25, 0.3) is 0 Å². The van der Waals surface area contributed by atoms with Crippen molar-refractivity contribution >= 4 is 17.4 Å². The summed E-state index contributed by atoms with van der Waals surface area (Å²) in [6.07, 6.45) is 1.32. The summed E-state index contributed by atoms with van der Waals surface area (Å²) in [5.74, 6) is 0.634. The fourth-order valence-corrected chi connectivity index (χ4v) is 2.54. The van der Waals surface area contributed by atoms with Crippen molar-refractivity contribution in [2.75, 3.05) is 12.4 Å². The van der Waals surface area contributed by atoms with Gasteiger partial charge in [0.2, 0.25) is 18.2 Å². The van der Waals surface area contributed by atoms with Gasteiger partial charge in [-0.3, -0.25) is 9.59 Å². The molecule has 7 nitrogen and oxygen atoms in total. The molecule has 3 aromatic rings. The van der Waals surface area contributed by atoms with E-state index in [1.807, 2.05) is 6.07 Å². The molecule has 7 heteroatoms. The minimum atomic E-state index is -0.230. The number of aromatic nitrogens is 2. The second-order valence-corrected chi connectivity index (χ2v) is 5.63. The third kappa shape index (κ3) is 3.94. The van der Waals surface area contributed by atoms with Crippen LogP contribution in [0.1, 0.15) is 22.8 Å². The Labute approximate surface area is 150 Å². The van der Waals surface area contributed by atoms with Crippen LogP contribution in [0.25, 0.3) is 11.5 Å². The summed E-state index contributed by atoms with van der Waals surface area (Å²) in [5.41, 5.74) is 2.49. The molecule has 0 atom stereocenters. The third-order valence-electron chi connectivity index (χ3n) is 3.79. The standard InChI is InChI=1S/C19H17N3O4/c1-12(23)13-6-7-17(25-2)15(8-13)10-18(24)21-16-5-3-4-14(9-16)19-22-20-11-26-19/h3-9,11H,10H2,1-2H3,(H,21,24). The highest BCUT2D eigenvalue weighted by atomic mass is 16.5. The van der Waals surface area contributed by atoms with Gasteiger partial charge in [0, 0.05) is 22.4 Å². The second kappa shape index (κ2) is 7.60. The highest BCUT2D eigenvalue weighted by Crippen LogP contribution is 2.23. The van der Waals surface area contributed by atoms with Crippen molar-refractivity contribution in [2.45, 2.75) is 13.3 Å². The van der Waals surface area contributed by atoms with Crippen molar-refractivity contribution < 1.29 is 18.7 Å². The first-order valence-electron chi connectivity index (χ1n) is 7.91. The highest BCUT2D eigenvalue weighted by molar-refractivity contribution is 5.96. The second-order valence-electron chi connectivity index (χ2n) is 5.63. The lowest BCUT2D eigenvalue weighted by molar-refractivity contribution is -0.115. The predicted molar refractivity (Wildman–Crippen MR) is 95.1 cm³/mol. The summed E-state index contributed by atoms with van der Waals surface area (Å²) in [4.78, 5) is 24.0. The number of ketones is 1. The molecule has 0 unspecified atom stereocenters. The molecule has 1 aromatic heterocycles. The van der Waals surface area contributed by atoms with Crippen LogP contribution in [-0.2, 0) is 11.2 Å². The maximum absolute atomic E-state index is 12.4. The van der Waals surface area contributed by atoms with Gasteiger partial charge in [-0.1, -0.05) is 6.07 Å². The van der Waals surface area contributed by atoms with Gasteiger partial charge in [0.15, 0.2) is 5.78 Å². The maximum atomic E-state index is 12.4. The molecule has 0 aliphatic heterocycles. The Morgan fingerprint density at radius 2 is 2.04 bits per heavy atom. The Hall–Kier alpha value is -3.48. The molecule has 0 aliphatic rings. The first-order chi connectivity index (χ1) is 12.6. The molecule has 0 radical (unpaired) electrons. The number of nitrogens with zero attached hydrogens (tertiary/aromatic N) is 2. The first-order valence-corrected chi connectivity index (χ1v) is 7.91. The number of nitrogens with one attached hydrogen (secondary N) is 1. The van der Waals surface area contributed by atoms with Gasteiger partial charge in [-0.2, -0.15) is 0 Å². The molecule has 0 spiro atoms. The van der Waals surface area contributed by atoms with Crippen LogP contribution in [0.4, 0.5) is 5.69 Å². The molecule has 26 heavy (non-hydrogen) atoms. The molecule has 1 heterocycles. The molecular formula is C19H17N3O4. The van der Waals surface area contributed by atoms with Crippen LogP contribution in [0.3, 0.4) is 0 Å². The number of carbonyl (C=O) groups excluding carboxylic acids is 2. The number of carbonyl (C=O) groups is 2. The van der Waals surface area contributed by atoms with Gasteiger partial charge < -0.3 is 14.5 Å². The number of amides is 1. The molecule has 0 aliphatic carbocycles. The Morgan fingerprint density at radius 3 is 2.73 bits per heavy atom. The van der Waals surface area contributed by atoms with Gasteiger partial charge in [0.1, 0.15) is 5.75 Å². The molecular weight excluding hydrogens is 334 g/mol. The lowest BCUT2D eigenvalue weighted by atomic mass is 10.0. The van der Waals surface area contributed by atoms with Crippen molar-refractivity contribution in [1.29, 1.82) is 0 Å². The maximum Gasteiger partial charge on any atom is 0.247 e. The summed E-state index contributed by atoms with van der Waals surface area (Å²) in [5, 5.41) is 10.3. The topological polar surface area (TPSA) is 94.3 Å². The zero-order valence-corrected chi connectivity index (χ0v) is 14.4. The van der Waals surface area contributed by atoms with Crippen LogP contribution in [0.15, 0.2) is 53.3 Å². The van der Waals surface area contributed by atoms with Gasteiger partial charge in [0.05, 0.1) is 13.5 Å². The number of Topliss-reactive ketones (excluding diaryl/α,β-unsaturated/α-hetero) is 1. The molecule has 1 amide bonds. The molecule has 0 fully saturated rings. The zero-order chi connectivity index (χ0) is 18.5. The van der Waals surface area contributed by atoms with Crippen LogP contribution in [-0.4, -0.2) is 29.0 Å². The number of hydrogen-bond donors (Lipinski definition) is 1. The number of ether oxygens (including phenoxy) is 1. The van der Waals surface area contributed by atoms with E-state index in [1.54, 1.807) is 36.4 Å². The number of benzene rings is 2. The van der Waals surface area contributed by atoms with E-state index in [4.69, 9.17) is 9.15 Å². The average Bonchev–Trinajstić information content (AvgIpc) is 3.16. The smallest absolute Gasteiger partial charge is 0.247 e. The van der Waals surface area contributed by atoms with E-state index in [0.29, 0.717) is 34.0 Å². The summed E-state index contributed by atoms with van der Waals surface area (Å²) < 4.78 is 10.4. The van der Waals surface area contributed by atoms with Crippen LogP contribution in [0, 0.1) is 0 Å². The first kappa shape index (κ1) is 17.3. The largest absolute Gasteiger partial charge is 0.496 e. The van der Waals surface area contributed by atoms with Crippen molar-refractivity contribution in [2.24, 2.45) is 0 Å². The van der Waals surface area contributed by atoms with E-state index in [9.17, 15) is 9.59 Å². The van der Waals surface area contributed by atoms with Crippen LogP contribution in [0.2, 0.25) is 0 Å². The van der Waals surface area contributed by atoms with Crippen molar-refractivity contribution in [1.82, 2.24) is 10.2 Å². The lowest BCUT2D eigenvalue weighted by Crippen LogP contribution is -2.15. The molecule has 1 N–H and O–H groups in total. The zero-order valence-electron chi connectivity index (χ0n) is 14.4.